The van der Waals surface area contributed by atoms with Crippen molar-refractivity contribution < 1.29 is 9.47 Å². The second-order valence-electron chi connectivity index (χ2n) is 5.93. The summed E-state index contributed by atoms with van der Waals surface area (Å²) in [5, 5.41) is -0.175. The van der Waals surface area contributed by atoms with Crippen LogP contribution >= 0.6 is 22.9 Å². The van der Waals surface area contributed by atoms with Gasteiger partial charge in [-0.3, -0.25) is 0 Å². The van der Waals surface area contributed by atoms with Crippen molar-refractivity contribution in [2.24, 2.45) is 0 Å². The lowest BCUT2D eigenvalue weighted by Gasteiger charge is -2.16. The number of hydrogen-bond acceptors (Lipinski definition) is 3. The predicted octanol–water partition coefficient (Wildman–Crippen LogP) is 5.39. The fourth-order valence-corrected chi connectivity index (χ4v) is 3.48. The zero-order chi connectivity index (χ0) is 15.6. The Morgan fingerprint density at radius 1 is 1.00 bits per heavy atom. The van der Waals surface area contributed by atoms with Crippen molar-refractivity contribution in [2.75, 3.05) is 14.2 Å². The zero-order valence-corrected chi connectivity index (χ0v) is 14.6. The quantitative estimate of drug-likeness (QED) is 0.702. The number of thiophene rings is 1. The lowest BCUT2D eigenvalue weighted by atomic mass is 9.95. The van der Waals surface area contributed by atoms with E-state index in [4.69, 9.17) is 21.1 Å². The lowest BCUT2D eigenvalue weighted by molar-refractivity contribution is 0.354. The molecular formula is C17H21ClO2S. The van der Waals surface area contributed by atoms with Crippen LogP contribution in [-0.2, 0) is 5.41 Å². The number of hydrogen-bond donors (Lipinski definition) is 0. The van der Waals surface area contributed by atoms with E-state index in [0.717, 1.165) is 10.4 Å². The molecule has 2 rings (SSSR count). The molecule has 0 saturated heterocycles. The van der Waals surface area contributed by atoms with E-state index >= 15 is 0 Å². The standard InChI is InChI=1S/C17H21ClO2S/c1-17(2,3)15-9-8-14(21-15)16(18)11-6-7-12(19-4)13(10-11)20-5/h6-10,16H,1-5H3. The molecule has 0 aliphatic rings. The van der Waals surface area contributed by atoms with Gasteiger partial charge < -0.3 is 9.47 Å². The Kier molecular flexibility index (Phi) is 4.84. The highest BCUT2D eigenvalue weighted by atomic mass is 35.5. The van der Waals surface area contributed by atoms with Crippen molar-refractivity contribution in [3.8, 4) is 11.5 Å². The van der Waals surface area contributed by atoms with Crippen molar-refractivity contribution in [3.63, 3.8) is 0 Å². The summed E-state index contributed by atoms with van der Waals surface area (Å²) in [6.45, 7) is 6.63. The van der Waals surface area contributed by atoms with Crippen LogP contribution in [0.3, 0.4) is 0 Å². The molecule has 1 unspecified atom stereocenters. The first kappa shape index (κ1) is 16.2. The predicted molar refractivity (Wildman–Crippen MR) is 90.3 cm³/mol. The van der Waals surface area contributed by atoms with Gasteiger partial charge in [-0.2, -0.15) is 0 Å². The largest absolute Gasteiger partial charge is 0.493 e. The minimum atomic E-state index is -0.175. The molecule has 2 nitrogen and oxygen atoms in total. The third-order valence-electron chi connectivity index (χ3n) is 3.32. The van der Waals surface area contributed by atoms with E-state index in [-0.39, 0.29) is 10.8 Å². The molecule has 1 aromatic heterocycles. The average Bonchev–Trinajstić information content (AvgIpc) is 2.95. The summed E-state index contributed by atoms with van der Waals surface area (Å²) in [6, 6.07) is 10.1. The van der Waals surface area contributed by atoms with Crippen molar-refractivity contribution in [2.45, 2.75) is 31.6 Å². The molecule has 0 saturated carbocycles. The Balaban J connectivity index is 2.31. The molecule has 21 heavy (non-hydrogen) atoms. The number of benzene rings is 1. The van der Waals surface area contributed by atoms with E-state index < -0.39 is 0 Å². The summed E-state index contributed by atoms with van der Waals surface area (Å²) in [5.74, 6) is 1.42. The molecule has 114 valence electrons. The number of rotatable bonds is 4. The minimum absolute atomic E-state index is 0.150. The molecule has 4 heteroatoms. The van der Waals surface area contributed by atoms with Crippen LogP contribution < -0.4 is 9.47 Å². The summed E-state index contributed by atoms with van der Waals surface area (Å²) < 4.78 is 10.6. The summed E-state index contributed by atoms with van der Waals surface area (Å²) in [5.41, 5.74) is 1.16. The van der Waals surface area contributed by atoms with Gasteiger partial charge in [0, 0.05) is 9.75 Å². The molecule has 0 amide bonds. The van der Waals surface area contributed by atoms with Crippen LogP contribution in [0, 0.1) is 0 Å². The molecule has 1 heterocycles. The lowest BCUT2D eigenvalue weighted by Crippen LogP contribution is -2.07. The van der Waals surface area contributed by atoms with Crippen molar-refractivity contribution >= 4 is 22.9 Å². The number of ether oxygens (including phenoxy) is 2. The number of methoxy groups -OCH3 is 2. The van der Waals surface area contributed by atoms with Crippen LogP contribution in [0.15, 0.2) is 30.3 Å². The third-order valence-corrected chi connectivity index (χ3v) is 5.51. The number of alkyl halides is 1. The van der Waals surface area contributed by atoms with Crippen molar-refractivity contribution in [1.29, 1.82) is 0 Å². The smallest absolute Gasteiger partial charge is 0.161 e. The van der Waals surface area contributed by atoms with E-state index in [1.54, 1.807) is 25.6 Å². The van der Waals surface area contributed by atoms with Gasteiger partial charge in [-0.1, -0.05) is 26.8 Å². The molecular weight excluding hydrogens is 304 g/mol. The molecule has 0 spiro atoms. The number of halogens is 1. The SMILES string of the molecule is COc1ccc(C(Cl)c2ccc(C(C)(C)C)s2)cc1OC. The molecule has 0 N–H and O–H groups in total. The maximum absolute atomic E-state index is 6.63. The van der Waals surface area contributed by atoms with Gasteiger partial charge in [0.15, 0.2) is 11.5 Å². The Bertz CT molecular complexity index is 613. The van der Waals surface area contributed by atoms with Gasteiger partial charge >= 0.3 is 0 Å². The van der Waals surface area contributed by atoms with Crippen LogP contribution in [0.2, 0.25) is 0 Å². The summed E-state index contributed by atoms with van der Waals surface area (Å²) in [6.07, 6.45) is 0. The van der Waals surface area contributed by atoms with Crippen LogP contribution in [0.4, 0.5) is 0 Å². The van der Waals surface area contributed by atoms with E-state index in [0.29, 0.717) is 11.5 Å². The van der Waals surface area contributed by atoms with Crippen LogP contribution in [0.25, 0.3) is 0 Å². The maximum atomic E-state index is 6.63. The molecule has 1 atom stereocenters. The Morgan fingerprint density at radius 3 is 2.19 bits per heavy atom. The first-order valence-electron chi connectivity index (χ1n) is 6.83. The molecule has 1 aromatic carbocycles. The first-order chi connectivity index (χ1) is 9.86. The summed E-state index contributed by atoms with van der Waals surface area (Å²) >= 11 is 8.40. The van der Waals surface area contributed by atoms with E-state index in [2.05, 4.69) is 32.9 Å². The van der Waals surface area contributed by atoms with Crippen molar-refractivity contribution in [1.82, 2.24) is 0 Å². The highest BCUT2D eigenvalue weighted by molar-refractivity contribution is 7.12. The van der Waals surface area contributed by atoms with Crippen LogP contribution in [-0.4, -0.2) is 14.2 Å². The zero-order valence-electron chi connectivity index (χ0n) is 13.1. The van der Waals surface area contributed by atoms with Gasteiger partial charge in [0.2, 0.25) is 0 Å². The van der Waals surface area contributed by atoms with Gasteiger partial charge in [-0.15, -0.1) is 22.9 Å². The van der Waals surface area contributed by atoms with E-state index in [1.807, 2.05) is 18.2 Å². The van der Waals surface area contributed by atoms with Gasteiger partial charge in [0.25, 0.3) is 0 Å². The fourth-order valence-electron chi connectivity index (χ4n) is 2.07. The average molecular weight is 325 g/mol. The van der Waals surface area contributed by atoms with E-state index in [1.165, 1.54) is 4.88 Å². The van der Waals surface area contributed by atoms with E-state index in [9.17, 15) is 0 Å². The summed E-state index contributed by atoms with van der Waals surface area (Å²) in [7, 11) is 3.26. The van der Waals surface area contributed by atoms with Gasteiger partial charge in [-0.05, 0) is 35.2 Å². The minimum Gasteiger partial charge on any atom is -0.493 e. The van der Waals surface area contributed by atoms with Crippen LogP contribution in [0.1, 0.15) is 41.5 Å². The molecule has 0 fully saturated rings. The van der Waals surface area contributed by atoms with Crippen molar-refractivity contribution in [3.05, 3.63) is 45.6 Å². The molecule has 0 bridgehead atoms. The molecule has 0 radical (unpaired) electrons. The third kappa shape index (κ3) is 3.53. The Labute approximate surface area is 135 Å². The highest BCUT2D eigenvalue weighted by Gasteiger charge is 2.20. The van der Waals surface area contributed by atoms with Gasteiger partial charge in [0.05, 0.1) is 19.6 Å². The molecule has 0 aliphatic carbocycles. The molecule has 0 aliphatic heterocycles. The molecule has 2 aromatic rings. The monoisotopic (exact) mass is 324 g/mol. The fraction of sp³-hybridized carbons (Fsp3) is 0.412. The highest BCUT2D eigenvalue weighted by Crippen LogP contribution is 2.40. The maximum Gasteiger partial charge on any atom is 0.161 e. The van der Waals surface area contributed by atoms with Gasteiger partial charge in [0.1, 0.15) is 0 Å². The first-order valence-corrected chi connectivity index (χ1v) is 8.08. The normalized spacial score (nSPS) is 13.0. The second kappa shape index (κ2) is 6.29. The Hall–Kier alpha value is -1.19. The Morgan fingerprint density at radius 2 is 1.67 bits per heavy atom. The topological polar surface area (TPSA) is 18.5 Å². The summed E-state index contributed by atoms with van der Waals surface area (Å²) in [4.78, 5) is 2.48. The van der Waals surface area contributed by atoms with Gasteiger partial charge in [-0.25, -0.2) is 0 Å². The van der Waals surface area contributed by atoms with Crippen LogP contribution in [0.5, 0.6) is 11.5 Å². The second-order valence-corrected chi connectivity index (χ2v) is 7.48.